The van der Waals surface area contributed by atoms with Crippen molar-refractivity contribution in [2.75, 3.05) is 7.05 Å². The van der Waals surface area contributed by atoms with Gasteiger partial charge in [-0.1, -0.05) is 59.3 Å². The molecule has 0 aromatic carbocycles. The van der Waals surface area contributed by atoms with Gasteiger partial charge in [0.25, 0.3) is 0 Å². The maximum absolute atomic E-state index is 3.26. The molecule has 0 amide bonds. The number of nitrogens with one attached hydrogen (secondary N) is 1. The van der Waals surface area contributed by atoms with E-state index in [-0.39, 0.29) is 0 Å². The maximum atomic E-state index is 3.26. The molecule has 0 saturated heterocycles. The number of rotatable bonds is 2. The second-order valence-electron chi connectivity index (χ2n) is 3.19. The van der Waals surface area contributed by atoms with Crippen molar-refractivity contribution < 1.29 is 0 Å². The Balaban J connectivity index is -0.000000285. The van der Waals surface area contributed by atoms with Gasteiger partial charge in [0.2, 0.25) is 0 Å². The molecule has 1 aliphatic carbocycles. The molecule has 0 aromatic rings. The standard InChI is InChI=1S/C10H17N.3C2H6/c1-8-6-4-5-7-10(8)9(2)11-3;3*1-2/h5,7,9,11H,4,6H2,1-3H3;3*1-2H3. The lowest BCUT2D eigenvalue weighted by molar-refractivity contribution is 0.688. The van der Waals surface area contributed by atoms with Crippen molar-refractivity contribution in [3.63, 3.8) is 0 Å². The average Bonchev–Trinajstić information content (AvgIpc) is 2.45. The minimum Gasteiger partial charge on any atom is -0.313 e. The van der Waals surface area contributed by atoms with Gasteiger partial charge < -0.3 is 5.32 Å². The van der Waals surface area contributed by atoms with Gasteiger partial charge in [-0.2, -0.15) is 0 Å². The highest BCUT2D eigenvalue weighted by Crippen LogP contribution is 2.20. The molecular weight excluding hydrogens is 206 g/mol. The molecule has 1 rings (SSSR count). The highest BCUT2D eigenvalue weighted by atomic mass is 14.9. The maximum Gasteiger partial charge on any atom is 0.0288 e. The molecule has 104 valence electrons. The fraction of sp³-hybridized carbons (Fsp3) is 0.750. The van der Waals surface area contributed by atoms with E-state index in [0.29, 0.717) is 6.04 Å². The average molecular weight is 241 g/mol. The van der Waals surface area contributed by atoms with Crippen LogP contribution < -0.4 is 5.32 Å². The molecule has 0 radical (unpaired) electrons. The number of hydrogen-bond donors (Lipinski definition) is 1. The highest BCUT2D eigenvalue weighted by molar-refractivity contribution is 5.32. The molecule has 1 unspecified atom stereocenters. The zero-order valence-corrected chi connectivity index (χ0v) is 13.6. The zero-order valence-electron chi connectivity index (χ0n) is 13.6. The van der Waals surface area contributed by atoms with E-state index in [9.17, 15) is 0 Å². The second-order valence-corrected chi connectivity index (χ2v) is 3.19. The van der Waals surface area contributed by atoms with Crippen molar-refractivity contribution in [2.24, 2.45) is 0 Å². The third kappa shape index (κ3) is 10.3. The van der Waals surface area contributed by atoms with Crippen LogP contribution in [0.25, 0.3) is 0 Å². The van der Waals surface area contributed by atoms with E-state index in [2.05, 4.69) is 31.3 Å². The Morgan fingerprint density at radius 3 is 1.88 bits per heavy atom. The summed E-state index contributed by atoms with van der Waals surface area (Å²) in [5, 5.41) is 3.26. The van der Waals surface area contributed by atoms with Crippen molar-refractivity contribution in [3.05, 3.63) is 23.3 Å². The Kier molecular flexibility index (Phi) is 22.7. The van der Waals surface area contributed by atoms with Crippen molar-refractivity contribution >= 4 is 0 Å². The second kappa shape index (κ2) is 17.8. The van der Waals surface area contributed by atoms with Crippen LogP contribution in [0.2, 0.25) is 0 Å². The number of likely N-dealkylation sites (N-methyl/N-ethyl adjacent to an activating group) is 1. The summed E-state index contributed by atoms with van der Waals surface area (Å²) < 4.78 is 0. The molecule has 0 spiro atoms. The summed E-state index contributed by atoms with van der Waals surface area (Å²) in [6.07, 6.45) is 6.96. The molecule has 0 aromatic heterocycles. The molecular formula is C16H35N. The molecule has 1 aliphatic rings. The Hall–Kier alpha value is -0.560. The monoisotopic (exact) mass is 241 g/mol. The summed E-state index contributed by atoms with van der Waals surface area (Å²) in [5.74, 6) is 0. The van der Waals surface area contributed by atoms with E-state index in [1.165, 1.54) is 24.0 Å². The number of allylic oxidation sites excluding steroid dienone is 2. The van der Waals surface area contributed by atoms with Gasteiger partial charge in [-0.15, -0.1) is 0 Å². The van der Waals surface area contributed by atoms with E-state index >= 15 is 0 Å². The third-order valence-electron chi connectivity index (χ3n) is 2.38. The first-order valence-corrected chi connectivity index (χ1v) is 7.29. The fourth-order valence-electron chi connectivity index (χ4n) is 1.47. The molecule has 1 heteroatoms. The van der Waals surface area contributed by atoms with Gasteiger partial charge in [-0.3, -0.25) is 0 Å². The van der Waals surface area contributed by atoms with Crippen LogP contribution in [-0.4, -0.2) is 13.1 Å². The van der Waals surface area contributed by atoms with Crippen LogP contribution in [0.15, 0.2) is 23.3 Å². The van der Waals surface area contributed by atoms with E-state index in [0.717, 1.165) is 0 Å². The van der Waals surface area contributed by atoms with E-state index in [4.69, 9.17) is 0 Å². The SMILES string of the molecule is CC.CC.CC.CNC(C)C1=C(C)CCC=C1. The first-order chi connectivity index (χ1) is 8.25. The summed E-state index contributed by atoms with van der Waals surface area (Å²) in [5.41, 5.74) is 3.01. The van der Waals surface area contributed by atoms with Crippen molar-refractivity contribution in [3.8, 4) is 0 Å². The molecule has 1 atom stereocenters. The van der Waals surface area contributed by atoms with E-state index in [1.54, 1.807) is 0 Å². The normalized spacial score (nSPS) is 14.4. The summed E-state index contributed by atoms with van der Waals surface area (Å²) in [6, 6.07) is 0.506. The van der Waals surface area contributed by atoms with Gasteiger partial charge >= 0.3 is 0 Å². The Bertz CT molecular complexity index is 190. The first-order valence-electron chi connectivity index (χ1n) is 7.29. The molecule has 0 aliphatic heterocycles. The lowest BCUT2D eigenvalue weighted by Gasteiger charge is -2.18. The van der Waals surface area contributed by atoms with Crippen LogP contribution >= 0.6 is 0 Å². The molecule has 0 heterocycles. The predicted molar refractivity (Wildman–Crippen MR) is 83.6 cm³/mol. The largest absolute Gasteiger partial charge is 0.313 e. The van der Waals surface area contributed by atoms with Crippen LogP contribution in [0.3, 0.4) is 0 Å². The minimum atomic E-state index is 0.506. The van der Waals surface area contributed by atoms with Gasteiger partial charge in [0.05, 0.1) is 0 Å². The molecule has 17 heavy (non-hydrogen) atoms. The van der Waals surface area contributed by atoms with Crippen molar-refractivity contribution in [1.29, 1.82) is 0 Å². The lowest BCUT2D eigenvalue weighted by atomic mass is 9.94. The van der Waals surface area contributed by atoms with Crippen LogP contribution in [0, 0.1) is 0 Å². The van der Waals surface area contributed by atoms with Crippen molar-refractivity contribution in [2.45, 2.75) is 74.3 Å². The van der Waals surface area contributed by atoms with Crippen LogP contribution in [-0.2, 0) is 0 Å². The first kappa shape index (κ1) is 21.7. The summed E-state index contributed by atoms with van der Waals surface area (Å²) in [6.45, 7) is 16.4. The lowest BCUT2D eigenvalue weighted by Crippen LogP contribution is -2.24. The molecule has 0 bridgehead atoms. The van der Waals surface area contributed by atoms with E-state index < -0.39 is 0 Å². The fourth-order valence-corrected chi connectivity index (χ4v) is 1.47. The van der Waals surface area contributed by atoms with Crippen LogP contribution in [0.1, 0.15) is 68.2 Å². The summed E-state index contributed by atoms with van der Waals surface area (Å²) >= 11 is 0. The summed E-state index contributed by atoms with van der Waals surface area (Å²) in [7, 11) is 2.01. The quantitative estimate of drug-likeness (QED) is 0.688. The van der Waals surface area contributed by atoms with Gasteiger partial charge in [-0.25, -0.2) is 0 Å². The van der Waals surface area contributed by atoms with Gasteiger partial charge in [0.15, 0.2) is 0 Å². The van der Waals surface area contributed by atoms with Gasteiger partial charge in [-0.05, 0) is 39.3 Å². The Morgan fingerprint density at radius 2 is 1.53 bits per heavy atom. The Morgan fingerprint density at radius 1 is 1.06 bits per heavy atom. The van der Waals surface area contributed by atoms with Crippen molar-refractivity contribution in [1.82, 2.24) is 5.32 Å². The zero-order chi connectivity index (χ0) is 14.3. The Labute approximate surface area is 110 Å². The minimum absolute atomic E-state index is 0.506. The molecule has 0 saturated carbocycles. The van der Waals surface area contributed by atoms with Crippen LogP contribution in [0.4, 0.5) is 0 Å². The molecule has 1 N–H and O–H groups in total. The third-order valence-corrected chi connectivity index (χ3v) is 2.38. The molecule has 1 nitrogen and oxygen atoms in total. The van der Waals surface area contributed by atoms with Crippen LogP contribution in [0.5, 0.6) is 0 Å². The van der Waals surface area contributed by atoms with Gasteiger partial charge in [0, 0.05) is 6.04 Å². The highest BCUT2D eigenvalue weighted by Gasteiger charge is 2.08. The smallest absolute Gasteiger partial charge is 0.0288 e. The topological polar surface area (TPSA) is 12.0 Å². The van der Waals surface area contributed by atoms with E-state index in [1.807, 2.05) is 48.6 Å². The van der Waals surface area contributed by atoms with Gasteiger partial charge in [0.1, 0.15) is 0 Å². The predicted octanol–water partition coefficient (Wildman–Crippen LogP) is 5.34. The summed E-state index contributed by atoms with van der Waals surface area (Å²) in [4.78, 5) is 0. The number of hydrogen-bond acceptors (Lipinski definition) is 1. The molecule has 0 fully saturated rings.